The zero-order valence-corrected chi connectivity index (χ0v) is 13.7. The summed E-state index contributed by atoms with van der Waals surface area (Å²) in [6.45, 7) is 3.76. The lowest BCUT2D eigenvalue weighted by Gasteiger charge is -2.19. The Morgan fingerprint density at radius 3 is 2.50 bits per heavy atom. The van der Waals surface area contributed by atoms with Gasteiger partial charge in [-0.15, -0.1) is 0 Å². The predicted molar refractivity (Wildman–Crippen MR) is 93.7 cm³/mol. The summed E-state index contributed by atoms with van der Waals surface area (Å²) in [4.78, 5) is 12.9. The number of aromatic nitrogens is 1. The number of aryl methyl sites for hydroxylation is 1. The molecule has 0 fully saturated rings. The Labute approximate surface area is 140 Å². The van der Waals surface area contributed by atoms with E-state index in [0.717, 1.165) is 5.56 Å². The van der Waals surface area contributed by atoms with Crippen molar-refractivity contribution in [1.82, 2.24) is 4.57 Å². The predicted octanol–water partition coefficient (Wildman–Crippen LogP) is 4.36. The molecule has 0 aliphatic rings. The van der Waals surface area contributed by atoms with Crippen LogP contribution in [-0.2, 0) is 0 Å². The second kappa shape index (κ2) is 6.32. The van der Waals surface area contributed by atoms with Gasteiger partial charge in [-0.2, -0.15) is 0 Å². The Balaban J connectivity index is 2.05. The quantitative estimate of drug-likeness (QED) is 0.573. The van der Waals surface area contributed by atoms with Gasteiger partial charge in [-0.1, -0.05) is 36.4 Å². The normalized spacial score (nSPS) is 12.1. The van der Waals surface area contributed by atoms with Gasteiger partial charge in [0.15, 0.2) is 0 Å². The topological polar surface area (TPSA) is 48.0 Å². The molecule has 1 heterocycles. The van der Waals surface area contributed by atoms with E-state index in [1.807, 2.05) is 48.9 Å². The van der Waals surface area contributed by atoms with Crippen LogP contribution < -0.4 is 5.73 Å². The number of hydrogen-bond donors (Lipinski definition) is 1. The van der Waals surface area contributed by atoms with Crippen molar-refractivity contribution in [2.75, 3.05) is 5.73 Å². The molecule has 0 aliphatic heterocycles. The highest BCUT2D eigenvalue weighted by Crippen LogP contribution is 2.27. The molecule has 122 valence electrons. The van der Waals surface area contributed by atoms with E-state index in [0.29, 0.717) is 22.5 Å². The number of rotatable bonds is 4. The highest BCUT2D eigenvalue weighted by Gasteiger charge is 2.21. The number of benzene rings is 2. The van der Waals surface area contributed by atoms with Crippen molar-refractivity contribution in [2.45, 2.75) is 19.9 Å². The Bertz CT molecular complexity index is 884. The van der Waals surface area contributed by atoms with Crippen molar-refractivity contribution in [3.05, 3.63) is 89.0 Å². The zero-order chi connectivity index (χ0) is 17.3. The lowest BCUT2D eigenvalue weighted by molar-refractivity contribution is 0.102. The maximum absolute atomic E-state index is 14.3. The maximum atomic E-state index is 14.3. The van der Waals surface area contributed by atoms with E-state index in [1.54, 1.807) is 24.3 Å². The second-order valence-corrected chi connectivity index (χ2v) is 5.91. The molecular weight excluding hydrogens is 303 g/mol. The summed E-state index contributed by atoms with van der Waals surface area (Å²) in [6, 6.07) is 15.3. The van der Waals surface area contributed by atoms with E-state index in [4.69, 9.17) is 5.73 Å². The molecule has 4 heteroatoms. The van der Waals surface area contributed by atoms with E-state index >= 15 is 0 Å². The number of ketones is 1. The summed E-state index contributed by atoms with van der Waals surface area (Å²) in [5, 5.41) is 0. The van der Waals surface area contributed by atoms with Gasteiger partial charge in [-0.3, -0.25) is 4.79 Å². The zero-order valence-electron chi connectivity index (χ0n) is 13.7. The average Bonchev–Trinajstić information content (AvgIpc) is 2.96. The van der Waals surface area contributed by atoms with E-state index in [9.17, 15) is 9.18 Å². The van der Waals surface area contributed by atoms with Crippen LogP contribution in [0, 0.1) is 12.7 Å². The fourth-order valence-corrected chi connectivity index (χ4v) is 2.93. The highest BCUT2D eigenvalue weighted by molar-refractivity contribution is 6.08. The molecule has 0 spiro atoms. The first kappa shape index (κ1) is 16.0. The average molecular weight is 322 g/mol. The van der Waals surface area contributed by atoms with Gasteiger partial charge in [-0.25, -0.2) is 4.39 Å². The molecule has 0 amide bonds. The third kappa shape index (κ3) is 2.83. The molecule has 1 aromatic heterocycles. The van der Waals surface area contributed by atoms with Gasteiger partial charge in [-0.05, 0) is 37.6 Å². The molecule has 24 heavy (non-hydrogen) atoms. The van der Waals surface area contributed by atoms with Gasteiger partial charge in [0.25, 0.3) is 0 Å². The Morgan fingerprint density at radius 2 is 1.83 bits per heavy atom. The summed E-state index contributed by atoms with van der Waals surface area (Å²) < 4.78 is 16.1. The van der Waals surface area contributed by atoms with Crippen molar-refractivity contribution in [1.29, 1.82) is 0 Å². The van der Waals surface area contributed by atoms with Crippen LogP contribution >= 0.6 is 0 Å². The summed E-state index contributed by atoms with van der Waals surface area (Å²) in [5.74, 6) is -0.437. The summed E-state index contributed by atoms with van der Waals surface area (Å²) in [5.41, 5.74) is 8.57. The molecule has 2 N–H and O–H groups in total. The Hall–Kier alpha value is -2.88. The number of hydrogen-bond acceptors (Lipinski definition) is 2. The number of halogens is 1. The van der Waals surface area contributed by atoms with Gasteiger partial charge < -0.3 is 10.3 Å². The molecule has 3 rings (SSSR count). The standard InChI is InChI=1S/C20H19FN2O/c1-13-10-11-23(14(2)17-9-8-16(22)12-18(17)21)19(13)20(24)15-6-4-3-5-7-15/h3-12,14H,22H2,1-2H3. The van der Waals surface area contributed by atoms with E-state index < -0.39 is 0 Å². The Morgan fingerprint density at radius 1 is 1.12 bits per heavy atom. The van der Waals surface area contributed by atoms with Crippen LogP contribution in [0.15, 0.2) is 60.8 Å². The number of carbonyl (C=O) groups is 1. The summed E-state index contributed by atoms with van der Waals surface area (Å²) in [7, 11) is 0. The molecule has 1 atom stereocenters. The van der Waals surface area contributed by atoms with Gasteiger partial charge in [0.1, 0.15) is 5.82 Å². The van der Waals surface area contributed by atoms with Crippen LogP contribution in [0.25, 0.3) is 0 Å². The van der Waals surface area contributed by atoms with Crippen LogP contribution in [0.1, 0.15) is 40.1 Å². The third-order valence-electron chi connectivity index (χ3n) is 4.26. The van der Waals surface area contributed by atoms with E-state index in [1.165, 1.54) is 6.07 Å². The molecule has 0 aliphatic carbocycles. The molecule has 3 aromatic rings. The highest BCUT2D eigenvalue weighted by atomic mass is 19.1. The largest absolute Gasteiger partial charge is 0.399 e. The number of nitrogen functional groups attached to an aromatic ring is 1. The molecule has 0 saturated heterocycles. The van der Waals surface area contributed by atoms with E-state index in [-0.39, 0.29) is 17.6 Å². The number of nitrogens with two attached hydrogens (primary N) is 1. The van der Waals surface area contributed by atoms with Crippen molar-refractivity contribution in [2.24, 2.45) is 0 Å². The van der Waals surface area contributed by atoms with Gasteiger partial charge in [0, 0.05) is 23.0 Å². The minimum absolute atomic E-state index is 0.0687. The number of carbonyl (C=O) groups excluding carboxylic acids is 1. The molecule has 0 radical (unpaired) electrons. The van der Waals surface area contributed by atoms with Crippen molar-refractivity contribution < 1.29 is 9.18 Å². The van der Waals surface area contributed by atoms with Crippen LogP contribution in [0.5, 0.6) is 0 Å². The molecule has 0 saturated carbocycles. The molecular formula is C20H19FN2O. The number of anilines is 1. The van der Waals surface area contributed by atoms with Gasteiger partial charge >= 0.3 is 0 Å². The molecule has 2 aromatic carbocycles. The maximum Gasteiger partial charge on any atom is 0.209 e. The van der Waals surface area contributed by atoms with Crippen LogP contribution in [0.3, 0.4) is 0 Å². The lowest BCUT2D eigenvalue weighted by Crippen LogP contribution is -2.16. The number of nitrogens with zero attached hydrogens (tertiary/aromatic N) is 1. The minimum Gasteiger partial charge on any atom is -0.399 e. The van der Waals surface area contributed by atoms with Gasteiger partial charge in [0.2, 0.25) is 5.78 Å². The summed E-state index contributed by atoms with van der Waals surface area (Å²) in [6.07, 6.45) is 1.83. The van der Waals surface area contributed by atoms with Gasteiger partial charge in [0.05, 0.1) is 11.7 Å². The monoisotopic (exact) mass is 322 g/mol. The van der Waals surface area contributed by atoms with Crippen LogP contribution in [-0.4, -0.2) is 10.4 Å². The first-order valence-corrected chi connectivity index (χ1v) is 7.81. The van der Waals surface area contributed by atoms with E-state index in [2.05, 4.69) is 0 Å². The second-order valence-electron chi connectivity index (χ2n) is 5.91. The molecule has 1 unspecified atom stereocenters. The van der Waals surface area contributed by atoms with Crippen LogP contribution in [0.2, 0.25) is 0 Å². The molecule has 0 bridgehead atoms. The van der Waals surface area contributed by atoms with Crippen molar-refractivity contribution in [3.63, 3.8) is 0 Å². The fraction of sp³-hybridized carbons (Fsp3) is 0.150. The first-order chi connectivity index (χ1) is 11.5. The summed E-state index contributed by atoms with van der Waals surface area (Å²) >= 11 is 0. The lowest BCUT2D eigenvalue weighted by atomic mass is 10.0. The first-order valence-electron chi connectivity index (χ1n) is 7.81. The van der Waals surface area contributed by atoms with Crippen LogP contribution in [0.4, 0.5) is 10.1 Å². The van der Waals surface area contributed by atoms with Crippen molar-refractivity contribution in [3.8, 4) is 0 Å². The minimum atomic E-state index is -0.369. The smallest absolute Gasteiger partial charge is 0.209 e. The molecule has 3 nitrogen and oxygen atoms in total. The fourth-order valence-electron chi connectivity index (χ4n) is 2.93. The Kier molecular flexibility index (Phi) is 4.21. The van der Waals surface area contributed by atoms with Crippen molar-refractivity contribution >= 4 is 11.5 Å². The third-order valence-corrected chi connectivity index (χ3v) is 4.26. The SMILES string of the molecule is Cc1ccn(C(C)c2ccc(N)cc2F)c1C(=O)c1ccccc1.